The van der Waals surface area contributed by atoms with Gasteiger partial charge in [-0.3, -0.25) is 4.68 Å². The number of nitrogens with zero attached hydrogens (tertiary/aromatic N) is 4. The van der Waals surface area contributed by atoms with Crippen molar-refractivity contribution in [1.82, 2.24) is 19.7 Å². The molecule has 0 aromatic carbocycles. The second kappa shape index (κ2) is 3.61. The highest BCUT2D eigenvalue weighted by Gasteiger charge is 2.16. The fourth-order valence-electron chi connectivity index (χ4n) is 1.66. The van der Waals surface area contributed by atoms with Crippen molar-refractivity contribution < 1.29 is 0 Å². The zero-order valence-corrected chi connectivity index (χ0v) is 9.60. The zero-order chi connectivity index (χ0) is 11.0. The maximum Gasteiger partial charge on any atom is 0.161 e. The lowest BCUT2D eigenvalue weighted by molar-refractivity contribution is 0.526. The second-order valence-electron chi connectivity index (χ2n) is 4.30. The van der Waals surface area contributed by atoms with Gasteiger partial charge < -0.3 is 0 Å². The fraction of sp³-hybridized carbons (Fsp3) is 0.545. The molecule has 1 atom stereocenters. The van der Waals surface area contributed by atoms with Gasteiger partial charge in [-0.25, -0.2) is 9.97 Å². The van der Waals surface area contributed by atoms with Crippen LogP contribution in [0.15, 0.2) is 12.5 Å². The molecule has 0 saturated heterocycles. The quantitative estimate of drug-likeness (QED) is 0.752. The Kier molecular flexibility index (Phi) is 2.42. The van der Waals surface area contributed by atoms with Crippen LogP contribution in [0, 0.1) is 5.92 Å². The van der Waals surface area contributed by atoms with Crippen molar-refractivity contribution in [2.75, 3.05) is 0 Å². The predicted molar refractivity (Wildman–Crippen MR) is 59.6 cm³/mol. The second-order valence-corrected chi connectivity index (χ2v) is 4.30. The van der Waals surface area contributed by atoms with Crippen LogP contribution in [0.2, 0.25) is 0 Å². The van der Waals surface area contributed by atoms with Gasteiger partial charge in [0.15, 0.2) is 5.65 Å². The lowest BCUT2D eigenvalue weighted by Gasteiger charge is -2.14. The molecule has 0 aliphatic rings. The van der Waals surface area contributed by atoms with E-state index in [1.807, 2.05) is 13.2 Å². The van der Waals surface area contributed by atoms with Crippen molar-refractivity contribution in [2.24, 2.45) is 13.0 Å². The van der Waals surface area contributed by atoms with Crippen LogP contribution in [0.3, 0.4) is 0 Å². The summed E-state index contributed by atoms with van der Waals surface area (Å²) in [5.74, 6) is 1.00. The average Bonchev–Trinajstić information content (AvgIpc) is 2.59. The Hall–Kier alpha value is -1.45. The summed E-state index contributed by atoms with van der Waals surface area (Å²) in [6.07, 6.45) is 3.47. The van der Waals surface area contributed by atoms with E-state index in [0.29, 0.717) is 11.8 Å². The summed E-state index contributed by atoms with van der Waals surface area (Å²) in [4.78, 5) is 8.61. The number of aromatic nitrogens is 4. The third-order valence-corrected chi connectivity index (χ3v) is 2.99. The summed E-state index contributed by atoms with van der Waals surface area (Å²) < 4.78 is 1.79. The Morgan fingerprint density at radius 3 is 2.60 bits per heavy atom. The summed E-state index contributed by atoms with van der Waals surface area (Å²) in [6, 6.07) is 0. The summed E-state index contributed by atoms with van der Waals surface area (Å²) in [6.45, 7) is 6.60. The van der Waals surface area contributed by atoms with Crippen LogP contribution in [0.25, 0.3) is 11.0 Å². The molecule has 2 aromatic rings. The highest BCUT2D eigenvalue weighted by atomic mass is 15.3. The van der Waals surface area contributed by atoms with Crippen molar-refractivity contribution in [3.8, 4) is 0 Å². The van der Waals surface area contributed by atoms with Gasteiger partial charge in [0.05, 0.1) is 17.3 Å². The number of hydrogen-bond donors (Lipinski definition) is 0. The molecule has 2 heterocycles. The third-order valence-electron chi connectivity index (χ3n) is 2.99. The molecule has 0 radical (unpaired) electrons. The Balaban J connectivity index is 2.61. The molecule has 0 spiro atoms. The van der Waals surface area contributed by atoms with Crippen LogP contribution in [0.1, 0.15) is 32.4 Å². The molecule has 2 aromatic heterocycles. The monoisotopic (exact) mass is 204 g/mol. The minimum atomic E-state index is 0.430. The first-order valence-electron chi connectivity index (χ1n) is 5.24. The molecule has 15 heavy (non-hydrogen) atoms. The Labute approximate surface area is 89.3 Å². The molecule has 80 valence electrons. The molecule has 0 saturated carbocycles. The van der Waals surface area contributed by atoms with Crippen molar-refractivity contribution in [3.05, 3.63) is 18.2 Å². The number of fused-ring (bicyclic) bond motifs is 1. The van der Waals surface area contributed by atoms with Crippen molar-refractivity contribution >= 4 is 11.0 Å². The van der Waals surface area contributed by atoms with E-state index in [1.165, 1.54) is 0 Å². The minimum Gasteiger partial charge on any atom is -0.250 e. The van der Waals surface area contributed by atoms with Crippen LogP contribution in [-0.2, 0) is 7.05 Å². The maximum atomic E-state index is 4.38. The minimum absolute atomic E-state index is 0.430. The molecular formula is C11H16N4. The normalized spacial score (nSPS) is 13.7. The highest BCUT2D eigenvalue weighted by molar-refractivity contribution is 5.77. The topological polar surface area (TPSA) is 43.6 Å². The van der Waals surface area contributed by atoms with Crippen LogP contribution in [0.5, 0.6) is 0 Å². The Bertz CT molecular complexity index is 472. The molecule has 0 N–H and O–H groups in total. The van der Waals surface area contributed by atoms with Gasteiger partial charge in [0.2, 0.25) is 0 Å². The first kappa shape index (κ1) is 10.1. The molecule has 0 fully saturated rings. The molecule has 1 unspecified atom stereocenters. The van der Waals surface area contributed by atoms with E-state index in [0.717, 1.165) is 16.7 Å². The highest BCUT2D eigenvalue weighted by Crippen LogP contribution is 2.26. The summed E-state index contributed by atoms with van der Waals surface area (Å²) >= 11 is 0. The van der Waals surface area contributed by atoms with E-state index in [4.69, 9.17) is 0 Å². The standard InChI is InChI=1S/C11H16N4/c1-7(2)8(3)10-9-5-14-15(4)11(9)13-6-12-10/h5-8H,1-4H3. The van der Waals surface area contributed by atoms with Gasteiger partial charge in [0.1, 0.15) is 6.33 Å². The molecule has 0 aliphatic carbocycles. The van der Waals surface area contributed by atoms with Gasteiger partial charge >= 0.3 is 0 Å². The van der Waals surface area contributed by atoms with Crippen molar-refractivity contribution in [3.63, 3.8) is 0 Å². The fourth-order valence-corrected chi connectivity index (χ4v) is 1.66. The van der Waals surface area contributed by atoms with Gasteiger partial charge in [-0.1, -0.05) is 20.8 Å². The zero-order valence-electron chi connectivity index (χ0n) is 9.60. The van der Waals surface area contributed by atoms with E-state index in [-0.39, 0.29) is 0 Å². The molecule has 2 rings (SSSR count). The van der Waals surface area contributed by atoms with Gasteiger partial charge in [0, 0.05) is 13.0 Å². The lowest BCUT2D eigenvalue weighted by atomic mass is 9.93. The molecule has 0 aliphatic heterocycles. The summed E-state index contributed by atoms with van der Waals surface area (Å²) in [7, 11) is 1.90. The summed E-state index contributed by atoms with van der Waals surface area (Å²) in [5.41, 5.74) is 2.01. The largest absolute Gasteiger partial charge is 0.250 e. The number of hydrogen-bond acceptors (Lipinski definition) is 3. The van der Waals surface area contributed by atoms with Gasteiger partial charge in [-0.05, 0) is 5.92 Å². The van der Waals surface area contributed by atoms with E-state index in [2.05, 4.69) is 35.8 Å². The van der Waals surface area contributed by atoms with Gasteiger partial charge in [-0.15, -0.1) is 0 Å². The smallest absolute Gasteiger partial charge is 0.161 e. The summed E-state index contributed by atoms with van der Waals surface area (Å²) in [5, 5.41) is 5.28. The van der Waals surface area contributed by atoms with Crippen LogP contribution in [-0.4, -0.2) is 19.7 Å². The molecule has 4 heteroatoms. The van der Waals surface area contributed by atoms with Gasteiger partial charge in [0.25, 0.3) is 0 Å². The van der Waals surface area contributed by atoms with E-state index >= 15 is 0 Å². The first-order chi connectivity index (χ1) is 7.11. The van der Waals surface area contributed by atoms with E-state index in [9.17, 15) is 0 Å². The molecule has 0 bridgehead atoms. The van der Waals surface area contributed by atoms with E-state index < -0.39 is 0 Å². The Morgan fingerprint density at radius 2 is 1.93 bits per heavy atom. The average molecular weight is 204 g/mol. The number of aryl methyl sites for hydroxylation is 1. The van der Waals surface area contributed by atoms with Crippen molar-refractivity contribution in [1.29, 1.82) is 0 Å². The third kappa shape index (κ3) is 1.60. The van der Waals surface area contributed by atoms with Crippen molar-refractivity contribution in [2.45, 2.75) is 26.7 Å². The molecular weight excluding hydrogens is 188 g/mol. The predicted octanol–water partition coefficient (Wildman–Crippen LogP) is 2.12. The van der Waals surface area contributed by atoms with Crippen LogP contribution in [0.4, 0.5) is 0 Å². The SMILES string of the molecule is CC(C)C(C)c1ncnc2c1cnn2C. The molecule has 4 nitrogen and oxygen atoms in total. The molecule has 0 amide bonds. The first-order valence-corrected chi connectivity index (χ1v) is 5.24. The van der Waals surface area contributed by atoms with E-state index in [1.54, 1.807) is 11.0 Å². The van der Waals surface area contributed by atoms with Gasteiger partial charge in [-0.2, -0.15) is 5.10 Å². The lowest BCUT2D eigenvalue weighted by Crippen LogP contribution is -2.05. The van der Waals surface area contributed by atoms with Crippen LogP contribution >= 0.6 is 0 Å². The maximum absolute atomic E-state index is 4.38. The van der Waals surface area contributed by atoms with Crippen LogP contribution < -0.4 is 0 Å². The number of rotatable bonds is 2. The Morgan fingerprint density at radius 1 is 1.20 bits per heavy atom.